The first-order valence-corrected chi connectivity index (χ1v) is 7.50. The van der Waals surface area contributed by atoms with Crippen molar-refractivity contribution < 1.29 is 24.0 Å². The maximum absolute atomic E-state index is 12.5. The Morgan fingerprint density at radius 3 is 2.46 bits per heavy atom. The highest BCUT2D eigenvalue weighted by atomic mass is 16.6. The van der Waals surface area contributed by atoms with E-state index in [0.29, 0.717) is 0 Å². The molecule has 0 fully saturated rings. The Kier molecular flexibility index (Phi) is 4.32. The van der Waals surface area contributed by atoms with Crippen LogP contribution in [0.4, 0.5) is 11.4 Å². The summed E-state index contributed by atoms with van der Waals surface area (Å²) in [6.45, 7) is 1.17. The van der Waals surface area contributed by atoms with Crippen LogP contribution in [0.25, 0.3) is 0 Å². The average molecular weight is 352 g/mol. The summed E-state index contributed by atoms with van der Waals surface area (Å²) in [5, 5.41) is 13.9. The molecule has 0 heterocycles. The maximum Gasteiger partial charge on any atom is 0.308 e. The van der Waals surface area contributed by atoms with Gasteiger partial charge in [0.25, 0.3) is 5.69 Å². The summed E-state index contributed by atoms with van der Waals surface area (Å²) in [5.41, 5.74) is 0.0305. The number of anilines is 1. The number of rotatable bonds is 4. The normalized spacial score (nSPS) is 12.9. The zero-order chi connectivity index (χ0) is 18.8. The van der Waals surface area contributed by atoms with E-state index in [-0.39, 0.29) is 34.0 Å². The van der Waals surface area contributed by atoms with Crippen LogP contribution in [-0.4, -0.2) is 22.5 Å². The van der Waals surface area contributed by atoms with Crippen molar-refractivity contribution in [3.05, 3.63) is 75.5 Å². The fourth-order valence-electron chi connectivity index (χ4n) is 2.55. The van der Waals surface area contributed by atoms with Gasteiger partial charge in [-0.05, 0) is 12.1 Å². The molecule has 0 atom stereocenters. The molecule has 0 unspecified atom stereocenters. The SMILES string of the molecule is CC(=O)Oc1ccc(NC2=CC(=O)c3ccccc3C2=O)c([N+](=O)[O-])c1. The number of carbonyl (C=O) groups excluding carboxylic acids is 3. The predicted molar refractivity (Wildman–Crippen MR) is 91.2 cm³/mol. The lowest BCUT2D eigenvalue weighted by Gasteiger charge is -2.16. The molecule has 0 aromatic heterocycles. The molecule has 26 heavy (non-hydrogen) atoms. The minimum absolute atomic E-state index is 0.000113. The summed E-state index contributed by atoms with van der Waals surface area (Å²) in [5.74, 6) is -1.44. The van der Waals surface area contributed by atoms with Gasteiger partial charge in [-0.15, -0.1) is 0 Å². The molecule has 0 saturated carbocycles. The number of hydrogen-bond acceptors (Lipinski definition) is 7. The number of ketones is 2. The van der Waals surface area contributed by atoms with E-state index in [1.54, 1.807) is 18.2 Å². The van der Waals surface area contributed by atoms with E-state index in [1.807, 2.05) is 0 Å². The van der Waals surface area contributed by atoms with Crippen molar-refractivity contribution in [1.82, 2.24) is 0 Å². The van der Waals surface area contributed by atoms with Crippen LogP contribution >= 0.6 is 0 Å². The lowest BCUT2D eigenvalue weighted by Crippen LogP contribution is -2.21. The van der Waals surface area contributed by atoms with E-state index in [4.69, 9.17) is 4.74 Å². The second-order valence-corrected chi connectivity index (χ2v) is 5.45. The molecule has 3 rings (SSSR count). The third-order valence-corrected chi connectivity index (χ3v) is 3.65. The van der Waals surface area contributed by atoms with Crippen molar-refractivity contribution in [2.75, 3.05) is 5.32 Å². The molecule has 1 aliphatic carbocycles. The molecule has 0 amide bonds. The minimum Gasteiger partial charge on any atom is -0.426 e. The summed E-state index contributed by atoms with van der Waals surface area (Å²) in [6, 6.07) is 10.0. The van der Waals surface area contributed by atoms with Gasteiger partial charge in [0.15, 0.2) is 5.78 Å². The van der Waals surface area contributed by atoms with Crippen LogP contribution < -0.4 is 10.1 Å². The van der Waals surface area contributed by atoms with E-state index < -0.39 is 22.4 Å². The fraction of sp³-hybridized carbons (Fsp3) is 0.0556. The number of hydrogen-bond donors (Lipinski definition) is 1. The summed E-state index contributed by atoms with van der Waals surface area (Å²) < 4.78 is 4.83. The number of benzene rings is 2. The van der Waals surface area contributed by atoms with Crippen LogP contribution in [0.15, 0.2) is 54.2 Å². The minimum atomic E-state index is -0.682. The Morgan fingerprint density at radius 1 is 1.12 bits per heavy atom. The number of ether oxygens (including phenoxy) is 1. The van der Waals surface area contributed by atoms with Crippen molar-refractivity contribution in [1.29, 1.82) is 0 Å². The molecule has 2 aromatic rings. The number of Topliss-reactive ketones (excluding diaryl/α,β-unsaturated/α-hetero) is 1. The predicted octanol–water partition coefficient (Wildman–Crippen LogP) is 2.90. The Morgan fingerprint density at radius 2 is 1.81 bits per heavy atom. The molecule has 8 nitrogen and oxygen atoms in total. The molecule has 0 aliphatic heterocycles. The van der Waals surface area contributed by atoms with Gasteiger partial charge in [-0.3, -0.25) is 24.5 Å². The van der Waals surface area contributed by atoms with E-state index in [0.717, 1.165) is 12.1 Å². The summed E-state index contributed by atoms with van der Waals surface area (Å²) in [6.07, 6.45) is 1.11. The smallest absolute Gasteiger partial charge is 0.308 e. The Labute approximate surface area is 147 Å². The topological polar surface area (TPSA) is 116 Å². The number of nitro groups is 1. The molecule has 0 spiro atoms. The molecule has 2 aromatic carbocycles. The van der Waals surface area contributed by atoms with Gasteiger partial charge in [-0.1, -0.05) is 24.3 Å². The van der Waals surface area contributed by atoms with Gasteiger partial charge in [-0.25, -0.2) is 0 Å². The van der Waals surface area contributed by atoms with Gasteiger partial charge in [0.1, 0.15) is 11.4 Å². The number of nitro benzene ring substituents is 1. The van der Waals surface area contributed by atoms with Crippen molar-refractivity contribution >= 4 is 28.9 Å². The highest BCUT2D eigenvalue weighted by Crippen LogP contribution is 2.31. The molecular weight excluding hydrogens is 340 g/mol. The number of allylic oxidation sites excluding steroid dienone is 2. The lowest BCUT2D eigenvalue weighted by molar-refractivity contribution is -0.384. The zero-order valence-electron chi connectivity index (χ0n) is 13.5. The molecule has 0 radical (unpaired) electrons. The van der Waals surface area contributed by atoms with Gasteiger partial charge < -0.3 is 10.1 Å². The number of nitrogens with one attached hydrogen (secondary N) is 1. The van der Waals surface area contributed by atoms with Crippen LogP contribution in [0.1, 0.15) is 27.6 Å². The molecule has 130 valence electrons. The fourth-order valence-corrected chi connectivity index (χ4v) is 2.55. The zero-order valence-corrected chi connectivity index (χ0v) is 13.5. The average Bonchev–Trinajstić information content (AvgIpc) is 2.60. The van der Waals surface area contributed by atoms with Gasteiger partial charge >= 0.3 is 5.97 Å². The van der Waals surface area contributed by atoms with E-state index in [9.17, 15) is 24.5 Å². The van der Waals surface area contributed by atoms with Crippen LogP contribution in [0.3, 0.4) is 0 Å². The molecular formula is C18H12N2O6. The summed E-state index contributed by atoms with van der Waals surface area (Å²) in [7, 11) is 0. The van der Waals surface area contributed by atoms with E-state index in [2.05, 4.69) is 5.32 Å². The number of carbonyl (C=O) groups is 3. The van der Waals surface area contributed by atoms with Crippen LogP contribution in [0, 0.1) is 10.1 Å². The van der Waals surface area contributed by atoms with E-state index >= 15 is 0 Å². The third-order valence-electron chi connectivity index (χ3n) is 3.65. The molecule has 8 heteroatoms. The highest BCUT2D eigenvalue weighted by Gasteiger charge is 2.27. The maximum atomic E-state index is 12.5. The lowest BCUT2D eigenvalue weighted by atomic mass is 9.92. The van der Waals surface area contributed by atoms with Crippen LogP contribution in [0.2, 0.25) is 0 Å². The highest BCUT2D eigenvalue weighted by molar-refractivity contribution is 6.25. The first-order valence-electron chi connectivity index (χ1n) is 7.50. The van der Waals surface area contributed by atoms with E-state index in [1.165, 1.54) is 25.1 Å². The monoisotopic (exact) mass is 352 g/mol. The van der Waals surface area contributed by atoms with Crippen LogP contribution in [0.5, 0.6) is 5.75 Å². The molecule has 1 aliphatic rings. The van der Waals surface area contributed by atoms with Crippen molar-refractivity contribution in [2.45, 2.75) is 6.92 Å². The number of esters is 1. The first kappa shape index (κ1) is 17.0. The Bertz CT molecular complexity index is 993. The summed E-state index contributed by atoms with van der Waals surface area (Å²) >= 11 is 0. The Balaban J connectivity index is 1.96. The molecule has 0 saturated heterocycles. The van der Waals surface area contributed by atoms with Crippen molar-refractivity contribution in [3.8, 4) is 5.75 Å². The quantitative estimate of drug-likeness (QED) is 0.389. The number of nitrogens with zero attached hydrogens (tertiary/aromatic N) is 1. The van der Waals surface area contributed by atoms with Crippen LogP contribution in [-0.2, 0) is 4.79 Å². The second-order valence-electron chi connectivity index (χ2n) is 5.45. The molecule has 0 bridgehead atoms. The standard InChI is InChI=1S/C18H12N2O6/c1-10(21)26-11-6-7-14(16(8-11)20(24)25)19-15-9-17(22)12-4-2-3-5-13(12)18(15)23/h2-9,19H,1H3. The van der Waals surface area contributed by atoms with Gasteiger partial charge in [-0.2, -0.15) is 0 Å². The number of fused-ring (bicyclic) bond motifs is 1. The third kappa shape index (κ3) is 3.20. The van der Waals surface area contributed by atoms with Gasteiger partial charge in [0.2, 0.25) is 5.78 Å². The van der Waals surface area contributed by atoms with Gasteiger partial charge in [0, 0.05) is 24.1 Å². The Hall–Kier alpha value is -3.81. The largest absolute Gasteiger partial charge is 0.426 e. The second kappa shape index (κ2) is 6.60. The van der Waals surface area contributed by atoms with Crippen molar-refractivity contribution in [3.63, 3.8) is 0 Å². The van der Waals surface area contributed by atoms with Gasteiger partial charge in [0.05, 0.1) is 16.7 Å². The summed E-state index contributed by atoms with van der Waals surface area (Å²) in [4.78, 5) is 46.3. The van der Waals surface area contributed by atoms with Crippen molar-refractivity contribution in [2.24, 2.45) is 0 Å². The molecule has 1 N–H and O–H groups in total. The first-order chi connectivity index (χ1) is 12.4.